The lowest BCUT2D eigenvalue weighted by Gasteiger charge is -2.42. The van der Waals surface area contributed by atoms with Gasteiger partial charge in [-0.25, -0.2) is 0 Å². The molecular weight excluding hydrogens is 280 g/mol. The summed E-state index contributed by atoms with van der Waals surface area (Å²) in [5, 5.41) is 29.9. The Morgan fingerprint density at radius 2 is 2.18 bits per heavy atom. The average Bonchev–Trinajstić information content (AvgIpc) is 2.47. The number of hydrogen-bond acceptors (Lipinski definition) is 4. The molecule has 2 N–H and O–H groups in total. The number of unbranched alkanes of at least 4 members (excludes halogenated alkanes) is 2. The molecule has 0 radical (unpaired) electrons. The predicted octanol–water partition coefficient (Wildman–Crippen LogP) is 2.00. The second kappa shape index (κ2) is 8.30. The summed E-state index contributed by atoms with van der Waals surface area (Å²) in [6, 6.07) is 1.93. The van der Waals surface area contributed by atoms with Crippen molar-refractivity contribution < 1.29 is 15.0 Å². The molecule has 0 aromatic heterocycles. The molecule has 0 saturated carbocycles. The molecule has 0 aromatic carbocycles. The lowest BCUT2D eigenvalue weighted by molar-refractivity contribution is -0.147. The fourth-order valence-corrected chi connectivity index (χ4v) is 2.78. The highest BCUT2D eigenvalue weighted by molar-refractivity contribution is 5.97. The molecule has 1 fully saturated rings. The van der Waals surface area contributed by atoms with Crippen molar-refractivity contribution in [3.63, 3.8) is 0 Å². The average molecular weight is 308 g/mol. The Kier molecular flexibility index (Phi) is 7.05. The number of likely N-dealkylation sites (tertiary alicyclic amines) is 1. The quantitative estimate of drug-likeness (QED) is 0.446. The summed E-state index contributed by atoms with van der Waals surface area (Å²) in [5.41, 5.74) is -1.00. The monoisotopic (exact) mass is 308 g/mol. The molecule has 1 aliphatic rings. The number of hydrogen-bond donors (Lipinski definition) is 2. The molecule has 1 rings (SSSR count). The number of nitriles is 1. The zero-order valence-corrected chi connectivity index (χ0v) is 13.9. The van der Waals surface area contributed by atoms with Crippen LogP contribution in [-0.2, 0) is 4.79 Å². The Bertz CT molecular complexity index is 453. The number of nitrogens with zero attached hydrogens (tertiary/aromatic N) is 2. The number of rotatable bonds is 6. The fourth-order valence-electron chi connectivity index (χ4n) is 2.78. The van der Waals surface area contributed by atoms with Crippen LogP contribution in [-0.4, -0.2) is 45.8 Å². The van der Waals surface area contributed by atoms with Gasteiger partial charge in [0.15, 0.2) is 0 Å². The maximum absolute atomic E-state index is 12.3. The van der Waals surface area contributed by atoms with Crippen LogP contribution in [0.25, 0.3) is 0 Å². The number of carbonyl (C=O) groups is 1. The molecule has 1 heterocycles. The number of amides is 1. The first-order valence-electron chi connectivity index (χ1n) is 8.15. The van der Waals surface area contributed by atoms with E-state index >= 15 is 0 Å². The lowest BCUT2D eigenvalue weighted by Crippen LogP contribution is -2.57. The Labute approximate surface area is 133 Å². The van der Waals surface area contributed by atoms with Crippen molar-refractivity contribution >= 4 is 5.91 Å². The zero-order chi connectivity index (χ0) is 16.8. The maximum Gasteiger partial charge on any atom is 0.264 e. The molecule has 5 heteroatoms. The molecule has 1 aliphatic heterocycles. The van der Waals surface area contributed by atoms with Gasteiger partial charge in [0.1, 0.15) is 17.7 Å². The molecule has 1 amide bonds. The van der Waals surface area contributed by atoms with Gasteiger partial charge in [0.2, 0.25) is 0 Å². The first kappa shape index (κ1) is 18.7. The van der Waals surface area contributed by atoms with E-state index < -0.39 is 11.7 Å². The summed E-state index contributed by atoms with van der Waals surface area (Å²) in [5.74, 6) is -0.245. The number of β-amino-alcohol motifs (C(OH)–C–C–N with tert-alkyl or cyclic N) is 1. The minimum absolute atomic E-state index is 0.0819. The highest BCUT2D eigenvalue weighted by atomic mass is 16.3. The summed E-state index contributed by atoms with van der Waals surface area (Å²) in [7, 11) is 0. The van der Waals surface area contributed by atoms with Gasteiger partial charge in [0.25, 0.3) is 5.91 Å². The van der Waals surface area contributed by atoms with Gasteiger partial charge in [-0.3, -0.25) is 4.79 Å². The van der Waals surface area contributed by atoms with Crippen LogP contribution in [0, 0.1) is 17.2 Å². The summed E-state index contributed by atoms with van der Waals surface area (Å²) in [6.45, 7) is 6.35. The van der Waals surface area contributed by atoms with Crippen molar-refractivity contribution in [2.75, 3.05) is 13.1 Å². The molecule has 0 unspecified atom stereocenters. The van der Waals surface area contributed by atoms with E-state index in [4.69, 9.17) is 5.26 Å². The first-order chi connectivity index (χ1) is 10.3. The van der Waals surface area contributed by atoms with Crippen molar-refractivity contribution in [2.45, 2.75) is 64.6 Å². The SMILES string of the molecule is CCCCC[C@]1(O)CCN(C(=O)C(C#N)=CC(C)C)C[C@@H]1O. The molecule has 0 bridgehead atoms. The number of piperidine rings is 1. The van der Waals surface area contributed by atoms with E-state index in [1.165, 1.54) is 4.90 Å². The van der Waals surface area contributed by atoms with Gasteiger partial charge in [-0.2, -0.15) is 5.26 Å². The topological polar surface area (TPSA) is 84.6 Å². The van der Waals surface area contributed by atoms with Crippen LogP contribution >= 0.6 is 0 Å². The van der Waals surface area contributed by atoms with E-state index in [-0.39, 0.29) is 23.9 Å². The van der Waals surface area contributed by atoms with Crippen molar-refractivity contribution in [3.8, 4) is 6.07 Å². The van der Waals surface area contributed by atoms with Gasteiger partial charge in [0.05, 0.1) is 5.60 Å². The summed E-state index contributed by atoms with van der Waals surface area (Å²) in [4.78, 5) is 13.8. The normalized spacial score (nSPS) is 26.1. The number of carbonyl (C=O) groups excluding carboxylic acids is 1. The number of aliphatic hydroxyl groups is 2. The summed E-state index contributed by atoms with van der Waals surface area (Å²) in [6.07, 6.45) is 4.53. The Hall–Kier alpha value is -1.38. The van der Waals surface area contributed by atoms with E-state index in [0.29, 0.717) is 19.4 Å². The minimum Gasteiger partial charge on any atom is -0.388 e. The Morgan fingerprint density at radius 1 is 1.50 bits per heavy atom. The Morgan fingerprint density at radius 3 is 2.68 bits per heavy atom. The van der Waals surface area contributed by atoms with Crippen molar-refractivity contribution in [1.29, 1.82) is 5.26 Å². The van der Waals surface area contributed by atoms with Crippen LogP contribution in [0.15, 0.2) is 11.6 Å². The van der Waals surface area contributed by atoms with Crippen LogP contribution in [0.5, 0.6) is 0 Å². The maximum atomic E-state index is 12.3. The smallest absolute Gasteiger partial charge is 0.264 e. The third kappa shape index (κ3) is 4.82. The van der Waals surface area contributed by atoms with Gasteiger partial charge in [0, 0.05) is 13.1 Å². The first-order valence-corrected chi connectivity index (χ1v) is 8.15. The lowest BCUT2D eigenvalue weighted by atomic mass is 9.83. The van der Waals surface area contributed by atoms with E-state index in [1.54, 1.807) is 6.08 Å². The molecule has 22 heavy (non-hydrogen) atoms. The Balaban J connectivity index is 2.69. The van der Waals surface area contributed by atoms with Crippen molar-refractivity contribution in [3.05, 3.63) is 11.6 Å². The van der Waals surface area contributed by atoms with Crippen molar-refractivity contribution in [2.24, 2.45) is 5.92 Å². The molecule has 5 nitrogen and oxygen atoms in total. The highest BCUT2D eigenvalue weighted by Crippen LogP contribution is 2.29. The van der Waals surface area contributed by atoms with Gasteiger partial charge >= 0.3 is 0 Å². The van der Waals surface area contributed by atoms with E-state index in [0.717, 1.165) is 19.3 Å². The van der Waals surface area contributed by atoms with Crippen LogP contribution in [0.2, 0.25) is 0 Å². The minimum atomic E-state index is -1.11. The van der Waals surface area contributed by atoms with Gasteiger partial charge < -0.3 is 15.1 Å². The van der Waals surface area contributed by atoms with E-state index in [2.05, 4.69) is 6.92 Å². The van der Waals surface area contributed by atoms with E-state index in [1.807, 2.05) is 19.9 Å². The van der Waals surface area contributed by atoms with Crippen LogP contribution in [0.3, 0.4) is 0 Å². The molecule has 0 aromatic rings. The fraction of sp³-hybridized carbons (Fsp3) is 0.765. The van der Waals surface area contributed by atoms with Crippen molar-refractivity contribution in [1.82, 2.24) is 4.90 Å². The molecule has 0 spiro atoms. The van der Waals surface area contributed by atoms with Gasteiger partial charge in [-0.05, 0) is 18.8 Å². The molecule has 0 aliphatic carbocycles. The van der Waals surface area contributed by atoms with Crippen LogP contribution in [0.1, 0.15) is 52.9 Å². The third-order valence-electron chi connectivity index (χ3n) is 4.18. The molecule has 124 valence electrons. The van der Waals surface area contributed by atoms with E-state index in [9.17, 15) is 15.0 Å². The third-order valence-corrected chi connectivity index (χ3v) is 4.18. The molecule has 1 saturated heterocycles. The van der Waals surface area contributed by atoms with Crippen LogP contribution < -0.4 is 0 Å². The molecule has 2 atom stereocenters. The second-order valence-corrected chi connectivity index (χ2v) is 6.51. The number of allylic oxidation sites excluding steroid dienone is 1. The molecular formula is C17H28N2O3. The second-order valence-electron chi connectivity index (χ2n) is 6.51. The predicted molar refractivity (Wildman–Crippen MR) is 84.8 cm³/mol. The largest absolute Gasteiger partial charge is 0.388 e. The van der Waals surface area contributed by atoms with Gasteiger partial charge in [-0.15, -0.1) is 0 Å². The summed E-state index contributed by atoms with van der Waals surface area (Å²) < 4.78 is 0. The summed E-state index contributed by atoms with van der Waals surface area (Å²) >= 11 is 0. The highest BCUT2D eigenvalue weighted by Gasteiger charge is 2.41. The van der Waals surface area contributed by atoms with Gasteiger partial charge in [-0.1, -0.05) is 46.1 Å². The standard InChI is InChI=1S/C17H28N2O3/c1-4-5-6-7-17(22)8-9-19(12-15(17)20)16(21)14(11-18)10-13(2)3/h10,13,15,20,22H,4-9,12H2,1-3H3/t15-,17-/m0/s1. The van der Waals surface area contributed by atoms with Crippen LogP contribution in [0.4, 0.5) is 0 Å². The number of aliphatic hydroxyl groups excluding tert-OH is 1. The zero-order valence-electron chi connectivity index (χ0n) is 13.9.